The fourth-order valence-corrected chi connectivity index (χ4v) is 3.48. The van der Waals surface area contributed by atoms with E-state index >= 15 is 0 Å². The molecule has 3 unspecified atom stereocenters. The summed E-state index contributed by atoms with van der Waals surface area (Å²) in [4.78, 5) is 12.0. The van der Waals surface area contributed by atoms with Crippen molar-refractivity contribution in [2.45, 2.75) is 77.1 Å². The highest BCUT2D eigenvalue weighted by Gasteiger charge is 2.26. The van der Waals surface area contributed by atoms with Gasteiger partial charge in [0.2, 0.25) is 0 Å². The Bertz CT molecular complexity index is 602. The van der Waals surface area contributed by atoms with E-state index in [0.29, 0.717) is 16.1 Å². The van der Waals surface area contributed by atoms with Gasteiger partial charge in [0.15, 0.2) is 0 Å². The van der Waals surface area contributed by atoms with E-state index in [2.05, 4.69) is 17.6 Å². The summed E-state index contributed by atoms with van der Waals surface area (Å²) in [7, 11) is 0. The van der Waals surface area contributed by atoms with Crippen LogP contribution >= 0.6 is 23.2 Å². The molecule has 0 saturated heterocycles. The van der Waals surface area contributed by atoms with E-state index in [9.17, 15) is 4.79 Å². The summed E-state index contributed by atoms with van der Waals surface area (Å²) in [6, 6.07) is 6.37. The molecule has 3 atom stereocenters. The summed E-state index contributed by atoms with van der Waals surface area (Å²) in [6.07, 6.45) is 3.71. The number of halogens is 2. The fraction of sp³-hybridized carbons (Fsp3) is 0.632. The van der Waals surface area contributed by atoms with Crippen LogP contribution in [0.4, 0.5) is 4.79 Å². The number of alkyl carbamates (subject to hydrolysis) is 1. The Morgan fingerprint density at radius 2 is 1.88 bits per heavy atom. The Kier molecular flexibility index (Phi) is 7.01. The summed E-state index contributed by atoms with van der Waals surface area (Å²) in [5, 5.41) is 7.77. The van der Waals surface area contributed by atoms with Crippen LogP contribution in [0.25, 0.3) is 0 Å². The highest BCUT2D eigenvalue weighted by atomic mass is 35.5. The van der Waals surface area contributed by atoms with Crippen LogP contribution in [-0.4, -0.2) is 23.8 Å². The fourth-order valence-electron chi connectivity index (χ4n) is 3.18. The Hall–Kier alpha value is -0.970. The summed E-state index contributed by atoms with van der Waals surface area (Å²) in [5.74, 6) is 0. The minimum absolute atomic E-state index is 0.141. The summed E-state index contributed by atoms with van der Waals surface area (Å²) in [5.41, 5.74) is 0.635. The Labute approximate surface area is 160 Å². The van der Waals surface area contributed by atoms with Crippen LogP contribution in [-0.2, 0) is 4.74 Å². The van der Waals surface area contributed by atoms with Crippen LogP contribution in [0.5, 0.6) is 0 Å². The first kappa shape index (κ1) is 20.3. The van der Waals surface area contributed by atoms with Gasteiger partial charge in [-0.3, -0.25) is 0 Å². The van der Waals surface area contributed by atoms with E-state index in [4.69, 9.17) is 27.9 Å². The van der Waals surface area contributed by atoms with E-state index in [1.807, 2.05) is 39.0 Å². The van der Waals surface area contributed by atoms with Gasteiger partial charge in [-0.1, -0.05) is 29.3 Å². The predicted molar refractivity (Wildman–Crippen MR) is 103 cm³/mol. The maximum absolute atomic E-state index is 12.0. The molecule has 1 fully saturated rings. The van der Waals surface area contributed by atoms with Crippen LogP contribution in [0.15, 0.2) is 18.2 Å². The van der Waals surface area contributed by atoms with Crippen molar-refractivity contribution in [1.82, 2.24) is 10.6 Å². The van der Waals surface area contributed by atoms with Gasteiger partial charge in [0.05, 0.1) is 10.0 Å². The highest BCUT2D eigenvalue weighted by Crippen LogP contribution is 2.27. The van der Waals surface area contributed by atoms with Crippen molar-refractivity contribution in [2.24, 2.45) is 0 Å². The maximum Gasteiger partial charge on any atom is 0.407 e. The lowest BCUT2D eigenvalue weighted by atomic mass is 9.90. The smallest absolute Gasteiger partial charge is 0.407 e. The van der Waals surface area contributed by atoms with E-state index in [0.717, 1.165) is 31.2 Å². The van der Waals surface area contributed by atoms with E-state index < -0.39 is 5.60 Å². The average molecular weight is 387 g/mol. The van der Waals surface area contributed by atoms with Crippen molar-refractivity contribution in [2.75, 3.05) is 0 Å². The van der Waals surface area contributed by atoms with Crippen molar-refractivity contribution in [3.8, 4) is 0 Å². The molecule has 1 aliphatic rings. The van der Waals surface area contributed by atoms with Crippen LogP contribution < -0.4 is 10.6 Å². The highest BCUT2D eigenvalue weighted by molar-refractivity contribution is 6.42. The number of rotatable bonds is 4. The third kappa shape index (κ3) is 6.69. The molecule has 1 amide bonds. The molecule has 140 valence electrons. The van der Waals surface area contributed by atoms with E-state index in [1.54, 1.807) is 0 Å². The van der Waals surface area contributed by atoms with Crippen LogP contribution in [0.2, 0.25) is 10.0 Å². The van der Waals surface area contributed by atoms with Crippen LogP contribution in [0.3, 0.4) is 0 Å². The largest absolute Gasteiger partial charge is 0.444 e. The summed E-state index contributed by atoms with van der Waals surface area (Å²) in [6.45, 7) is 7.73. The standard InChI is InChI=1S/C19H28Cl2N2O2/c1-12(13-8-9-16(20)17(21)10-13)22-14-6-5-7-15(11-14)23-18(24)25-19(2,3)4/h8-10,12,14-15,22H,5-7,11H2,1-4H3,(H,23,24). The molecule has 1 saturated carbocycles. The zero-order valence-electron chi connectivity index (χ0n) is 15.4. The number of hydrogen-bond donors (Lipinski definition) is 2. The number of hydrogen-bond acceptors (Lipinski definition) is 3. The molecule has 0 radical (unpaired) electrons. The van der Waals surface area contributed by atoms with Crippen molar-refractivity contribution in [1.29, 1.82) is 0 Å². The predicted octanol–water partition coefficient (Wildman–Crippen LogP) is 5.48. The lowest BCUT2D eigenvalue weighted by Crippen LogP contribution is -2.46. The molecule has 2 N–H and O–H groups in total. The Morgan fingerprint density at radius 3 is 2.52 bits per heavy atom. The SMILES string of the molecule is CC(NC1CCCC(NC(=O)OC(C)(C)C)C1)c1ccc(Cl)c(Cl)c1. The van der Waals surface area contributed by atoms with Gasteiger partial charge in [-0.2, -0.15) is 0 Å². The molecule has 0 heterocycles. The van der Waals surface area contributed by atoms with E-state index in [1.165, 1.54) is 0 Å². The van der Waals surface area contributed by atoms with Gasteiger partial charge in [-0.15, -0.1) is 0 Å². The summed E-state index contributed by atoms with van der Waals surface area (Å²) >= 11 is 12.1. The van der Waals surface area contributed by atoms with Crippen molar-refractivity contribution >= 4 is 29.3 Å². The van der Waals surface area contributed by atoms with Crippen molar-refractivity contribution in [3.63, 3.8) is 0 Å². The third-order valence-corrected chi connectivity index (χ3v) is 5.06. The van der Waals surface area contributed by atoms with E-state index in [-0.39, 0.29) is 18.2 Å². The molecule has 1 aromatic rings. The number of carbonyl (C=O) groups excluding carboxylic acids is 1. The first-order valence-electron chi connectivity index (χ1n) is 8.84. The molecule has 0 spiro atoms. The lowest BCUT2D eigenvalue weighted by molar-refractivity contribution is 0.0488. The quantitative estimate of drug-likeness (QED) is 0.719. The zero-order valence-corrected chi connectivity index (χ0v) is 16.9. The zero-order chi connectivity index (χ0) is 18.6. The van der Waals surface area contributed by atoms with Gasteiger partial charge in [-0.25, -0.2) is 4.79 Å². The molecule has 1 aliphatic carbocycles. The average Bonchev–Trinajstić information content (AvgIpc) is 2.48. The van der Waals surface area contributed by atoms with Crippen LogP contribution in [0.1, 0.15) is 65.0 Å². The van der Waals surface area contributed by atoms with Crippen LogP contribution in [0, 0.1) is 0 Å². The topological polar surface area (TPSA) is 50.4 Å². The number of ether oxygens (including phenoxy) is 1. The molecule has 0 aromatic heterocycles. The van der Waals surface area contributed by atoms with Gasteiger partial charge in [0.25, 0.3) is 0 Å². The Morgan fingerprint density at radius 1 is 1.20 bits per heavy atom. The molecule has 1 aromatic carbocycles. The van der Waals surface area contributed by atoms with Gasteiger partial charge in [0.1, 0.15) is 5.60 Å². The number of amides is 1. The number of carbonyl (C=O) groups is 1. The van der Waals surface area contributed by atoms with Gasteiger partial charge in [-0.05, 0) is 71.1 Å². The second kappa shape index (κ2) is 8.61. The normalized spacial score (nSPS) is 22.3. The number of benzene rings is 1. The Balaban J connectivity index is 1.88. The molecule has 0 bridgehead atoms. The number of nitrogens with one attached hydrogen (secondary N) is 2. The molecule has 6 heteroatoms. The van der Waals surface area contributed by atoms with Gasteiger partial charge < -0.3 is 15.4 Å². The second-order valence-electron chi connectivity index (χ2n) is 7.77. The van der Waals surface area contributed by atoms with Gasteiger partial charge in [0, 0.05) is 18.1 Å². The maximum atomic E-state index is 12.0. The molecule has 0 aliphatic heterocycles. The molecular weight excluding hydrogens is 359 g/mol. The minimum atomic E-state index is -0.473. The minimum Gasteiger partial charge on any atom is -0.444 e. The lowest BCUT2D eigenvalue weighted by Gasteiger charge is -2.33. The first-order chi connectivity index (χ1) is 11.6. The van der Waals surface area contributed by atoms with Crippen molar-refractivity contribution in [3.05, 3.63) is 33.8 Å². The molecule has 25 heavy (non-hydrogen) atoms. The van der Waals surface area contributed by atoms with Gasteiger partial charge >= 0.3 is 6.09 Å². The first-order valence-corrected chi connectivity index (χ1v) is 9.60. The molecular formula is C19H28Cl2N2O2. The molecule has 4 nitrogen and oxygen atoms in total. The second-order valence-corrected chi connectivity index (χ2v) is 8.58. The monoisotopic (exact) mass is 386 g/mol. The third-order valence-electron chi connectivity index (χ3n) is 4.32. The summed E-state index contributed by atoms with van der Waals surface area (Å²) < 4.78 is 5.35. The molecule has 2 rings (SSSR count). The van der Waals surface area contributed by atoms with Crippen molar-refractivity contribution < 1.29 is 9.53 Å².